The Morgan fingerprint density at radius 2 is 1.59 bits per heavy atom. The first kappa shape index (κ1) is 18.9. The Balaban J connectivity index is 1.59. The molecule has 0 aliphatic carbocycles. The summed E-state index contributed by atoms with van der Waals surface area (Å²) in [6, 6.07) is 14.9. The van der Waals surface area contributed by atoms with E-state index in [-0.39, 0.29) is 17.9 Å². The molecule has 0 aliphatic rings. The van der Waals surface area contributed by atoms with Crippen molar-refractivity contribution in [1.29, 1.82) is 0 Å². The van der Waals surface area contributed by atoms with Crippen molar-refractivity contribution in [1.82, 2.24) is 19.7 Å². The molecule has 0 saturated heterocycles. The lowest BCUT2D eigenvalue weighted by molar-refractivity contribution is -0.121. The number of fused-ring (bicyclic) bond motifs is 2. The van der Waals surface area contributed by atoms with Crippen molar-refractivity contribution in [3.8, 4) is 0 Å². The lowest BCUT2D eigenvalue weighted by atomic mass is 10.1. The quantitative estimate of drug-likeness (QED) is 0.535. The number of benzene rings is 2. The first-order valence-electron chi connectivity index (χ1n) is 9.73. The number of carbonyl (C=O) groups excluding carboxylic acids is 1. The van der Waals surface area contributed by atoms with Gasteiger partial charge in [0.1, 0.15) is 6.54 Å². The molecule has 0 fully saturated rings. The summed E-state index contributed by atoms with van der Waals surface area (Å²) in [7, 11) is 1.93. The van der Waals surface area contributed by atoms with Crippen LogP contribution in [-0.4, -0.2) is 26.8 Å². The van der Waals surface area contributed by atoms with Gasteiger partial charge in [-0.15, -0.1) is 0 Å². The second-order valence-corrected chi connectivity index (χ2v) is 7.32. The van der Waals surface area contributed by atoms with E-state index in [4.69, 9.17) is 0 Å². The summed E-state index contributed by atoms with van der Waals surface area (Å²) in [5.41, 5.74) is 4.82. The molecule has 0 atom stereocenters. The molecule has 4 rings (SSSR count). The van der Waals surface area contributed by atoms with Gasteiger partial charge in [0.05, 0.1) is 16.7 Å². The molecule has 2 aromatic carbocycles. The average Bonchev–Trinajstić information content (AvgIpc) is 2.97. The van der Waals surface area contributed by atoms with Crippen LogP contribution in [0.2, 0.25) is 0 Å². The lowest BCUT2D eigenvalue weighted by Gasteiger charge is -2.15. The van der Waals surface area contributed by atoms with Gasteiger partial charge in [-0.1, -0.05) is 24.3 Å². The molecule has 1 N–H and O–H groups in total. The van der Waals surface area contributed by atoms with Gasteiger partial charge in [0.15, 0.2) is 5.43 Å². The molecule has 0 bridgehead atoms. The van der Waals surface area contributed by atoms with Gasteiger partial charge in [0.25, 0.3) is 0 Å². The number of hydrogen-bond acceptors (Lipinski definition) is 3. The predicted octanol–water partition coefficient (Wildman–Crippen LogP) is 2.86. The van der Waals surface area contributed by atoms with E-state index in [1.807, 2.05) is 78.7 Å². The fourth-order valence-electron chi connectivity index (χ4n) is 3.95. The van der Waals surface area contributed by atoms with E-state index in [0.29, 0.717) is 17.3 Å². The van der Waals surface area contributed by atoms with Crippen LogP contribution < -0.4 is 10.7 Å². The summed E-state index contributed by atoms with van der Waals surface area (Å²) in [6.45, 7) is 4.73. The highest BCUT2D eigenvalue weighted by Gasteiger charge is 2.13. The Bertz CT molecular complexity index is 1220. The number of carbonyl (C=O) groups is 1. The molecule has 148 valence electrons. The van der Waals surface area contributed by atoms with Gasteiger partial charge in [-0.3, -0.25) is 14.3 Å². The highest BCUT2D eigenvalue weighted by molar-refractivity contribution is 5.94. The third kappa shape index (κ3) is 3.42. The van der Waals surface area contributed by atoms with Gasteiger partial charge in [-0.25, -0.2) is 0 Å². The van der Waals surface area contributed by atoms with E-state index < -0.39 is 0 Å². The first-order valence-corrected chi connectivity index (χ1v) is 9.73. The average molecular weight is 388 g/mol. The SMILES string of the molecule is Cc1nn(C)c(C)c1CCNC(=O)Cn1c2ccccc2c(=O)c2ccccc21. The standard InChI is InChI=1S/C23H24N4O2/c1-15-17(16(2)26(3)25-15)12-13-24-22(28)14-27-20-10-6-4-8-18(20)23(29)19-9-5-7-11-21(19)27/h4-11H,12-14H2,1-3H3,(H,24,28). The zero-order chi connectivity index (χ0) is 20.5. The number of aryl methyl sites for hydroxylation is 2. The van der Waals surface area contributed by atoms with E-state index in [9.17, 15) is 9.59 Å². The molecular weight excluding hydrogens is 364 g/mol. The van der Waals surface area contributed by atoms with Gasteiger partial charge in [-0.05, 0) is 50.1 Å². The summed E-state index contributed by atoms with van der Waals surface area (Å²) in [5, 5.41) is 8.69. The maximum absolute atomic E-state index is 12.8. The minimum Gasteiger partial charge on any atom is -0.354 e. The zero-order valence-corrected chi connectivity index (χ0v) is 16.9. The Morgan fingerprint density at radius 1 is 1.00 bits per heavy atom. The first-order chi connectivity index (χ1) is 14.0. The van der Waals surface area contributed by atoms with Crippen LogP contribution in [0.15, 0.2) is 53.3 Å². The highest BCUT2D eigenvalue weighted by Crippen LogP contribution is 2.19. The molecular formula is C23H24N4O2. The molecule has 1 amide bonds. The fraction of sp³-hybridized carbons (Fsp3) is 0.261. The van der Waals surface area contributed by atoms with Crippen LogP contribution in [0.3, 0.4) is 0 Å². The lowest BCUT2D eigenvalue weighted by Crippen LogP contribution is -2.30. The van der Waals surface area contributed by atoms with Crippen molar-refractivity contribution in [2.45, 2.75) is 26.8 Å². The number of nitrogens with zero attached hydrogens (tertiary/aromatic N) is 3. The van der Waals surface area contributed by atoms with Crippen LogP contribution in [0, 0.1) is 13.8 Å². The van der Waals surface area contributed by atoms with Gasteiger partial charge in [-0.2, -0.15) is 5.10 Å². The van der Waals surface area contributed by atoms with Gasteiger partial charge < -0.3 is 9.88 Å². The molecule has 4 aromatic rings. The number of amides is 1. The minimum absolute atomic E-state index is 0.00427. The molecule has 0 saturated carbocycles. The van der Waals surface area contributed by atoms with Crippen molar-refractivity contribution >= 4 is 27.7 Å². The minimum atomic E-state index is -0.0804. The van der Waals surface area contributed by atoms with Gasteiger partial charge >= 0.3 is 0 Å². The van der Waals surface area contributed by atoms with Crippen LogP contribution in [0.1, 0.15) is 17.0 Å². The largest absolute Gasteiger partial charge is 0.354 e. The summed E-state index contributed by atoms with van der Waals surface area (Å²) in [6.07, 6.45) is 0.739. The fourth-order valence-corrected chi connectivity index (χ4v) is 3.95. The molecule has 0 radical (unpaired) electrons. The van der Waals surface area contributed by atoms with Crippen LogP contribution in [0.25, 0.3) is 21.8 Å². The number of pyridine rings is 1. The van der Waals surface area contributed by atoms with E-state index in [1.54, 1.807) is 0 Å². The third-order valence-corrected chi connectivity index (χ3v) is 5.54. The molecule has 0 aliphatic heterocycles. The zero-order valence-electron chi connectivity index (χ0n) is 16.9. The topological polar surface area (TPSA) is 68.9 Å². The van der Waals surface area contributed by atoms with E-state index in [2.05, 4.69) is 10.4 Å². The van der Waals surface area contributed by atoms with Crippen molar-refractivity contribution < 1.29 is 4.79 Å². The van der Waals surface area contributed by atoms with E-state index in [1.165, 1.54) is 5.56 Å². The Kier molecular flexibility index (Phi) is 4.92. The normalized spacial score (nSPS) is 11.3. The molecule has 0 spiro atoms. The number of para-hydroxylation sites is 2. The molecule has 6 nitrogen and oxygen atoms in total. The predicted molar refractivity (Wildman–Crippen MR) is 115 cm³/mol. The second kappa shape index (κ2) is 7.54. The molecule has 6 heteroatoms. The Hall–Kier alpha value is -3.41. The third-order valence-electron chi connectivity index (χ3n) is 5.54. The van der Waals surface area contributed by atoms with Gasteiger partial charge in [0, 0.05) is 30.1 Å². The number of nitrogens with one attached hydrogen (secondary N) is 1. The molecule has 2 heterocycles. The Morgan fingerprint density at radius 3 is 2.14 bits per heavy atom. The monoisotopic (exact) mass is 388 g/mol. The molecule has 29 heavy (non-hydrogen) atoms. The summed E-state index contributed by atoms with van der Waals surface area (Å²) in [4.78, 5) is 25.5. The Labute approximate surface area is 168 Å². The van der Waals surface area contributed by atoms with Crippen LogP contribution >= 0.6 is 0 Å². The number of aromatic nitrogens is 3. The summed E-state index contributed by atoms with van der Waals surface area (Å²) < 4.78 is 3.78. The van der Waals surface area contributed by atoms with Crippen molar-refractivity contribution in [2.75, 3.05) is 6.54 Å². The van der Waals surface area contributed by atoms with E-state index in [0.717, 1.165) is 28.8 Å². The van der Waals surface area contributed by atoms with Gasteiger partial charge in [0.2, 0.25) is 5.91 Å². The van der Waals surface area contributed by atoms with E-state index >= 15 is 0 Å². The number of rotatable bonds is 5. The van der Waals surface area contributed by atoms with Crippen molar-refractivity contribution in [3.05, 3.63) is 75.7 Å². The molecule has 0 unspecified atom stereocenters. The summed E-state index contributed by atoms with van der Waals surface area (Å²) in [5.74, 6) is -0.0804. The summed E-state index contributed by atoms with van der Waals surface area (Å²) >= 11 is 0. The maximum atomic E-state index is 12.8. The smallest absolute Gasteiger partial charge is 0.239 e. The van der Waals surface area contributed by atoms with Crippen LogP contribution in [-0.2, 0) is 24.8 Å². The van der Waals surface area contributed by atoms with Crippen molar-refractivity contribution in [3.63, 3.8) is 0 Å². The van der Waals surface area contributed by atoms with Crippen LogP contribution in [0.5, 0.6) is 0 Å². The van der Waals surface area contributed by atoms with Crippen LogP contribution in [0.4, 0.5) is 0 Å². The highest BCUT2D eigenvalue weighted by atomic mass is 16.2. The molecule has 2 aromatic heterocycles. The second-order valence-electron chi connectivity index (χ2n) is 7.32. The number of hydrogen-bond donors (Lipinski definition) is 1. The maximum Gasteiger partial charge on any atom is 0.239 e. The van der Waals surface area contributed by atoms with Crippen molar-refractivity contribution in [2.24, 2.45) is 7.05 Å².